The highest BCUT2D eigenvalue weighted by molar-refractivity contribution is 5.88. The van der Waals surface area contributed by atoms with Gasteiger partial charge in [-0.2, -0.15) is 0 Å². The highest BCUT2D eigenvalue weighted by Crippen LogP contribution is 2.43. The minimum absolute atomic E-state index is 0.231. The quantitative estimate of drug-likeness (QED) is 0.645. The molecule has 0 unspecified atom stereocenters. The van der Waals surface area contributed by atoms with Crippen molar-refractivity contribution >= 4 is 11.6 Å². The zero-order chi connectivity index (χ0) is 11.8. The van der Waals surface area contributed by atoms with Crippen LogP contribution in [-0.2, 0) is 9.59 Å². The second-order valence-corrected chi connectivity index (χ2v) is 6.29. The third-order valence-corrected chi connectivity index (χ3v) is 5.32. The van der Waals surface area contributed by atoms with E-state index >= 15 is 0 Å². The summed E-state index contributed by atoms with van der Waals surface area (Å²) in [6, 6.07) is 0. The third-order valence-electron chi connectivity index (χ3n) is 5.32. The first-order chi connectivity index (χ1) is 8.25. The van der Waals surface area contributed by atoms with Gasteiger partial charge in [-0.25, -0.2) is 0 Å². The molecule has 4 atom stereocenters. The van der Waals surface area contributed by atoms with E-state index in [0.29, 0.717) is 36.2 Å². The normalized spacial score (nSPS) is 42.6. The highest BCUT2D eigenvalue weighted by Gasteiger charge is 2.41. The molecule has 0 bridgehead atoms. The van der Waals surface area contributed by atoms with Gasteiger partial charge in [-0.3, -0.25) is 9.59 Å². The Labute approximate surface area is 103 Å². The van der Waals surface area contributed by atoms with Crippen molar-refractivity contribution in [1.29, 1.82) is 0 Å². The van der Waals surface area contributed by atoms with Crippen LogP contribution in [0.1, 0.15) is 57.8 Å². The van der Waals surface area contributed by atoms with Gasteiger partial charge in [-0.1, -0.05) is 19.3 Å². The Hall–Kier alpha value is -0.660. The van der Waals surface area contributed by atoms with Crippen LogP contribution in [0.3, 0.4) is 0 Å². The van der Waals surface area contributed by atoms with Gasteiger partial charge in [0.15, 0.2) is 0 Å². The maximum atomic E-state index is 12.3. The van der Waals surface area contributed by atoms with Crippen molar-refractivity contribution in [1.82, 2.24) is 0 Å². The third kappa shape index (κ3) is 2.07. The molecule has 3 saturated carbocycles. The lowest BCUT2D eigenvalue weighted by molar-refractivity contribution is -0.133. The summed E-state index contributed by atoms with van der Waals surface area (Å²) in [7, 11) is 0. The van der Waals surface area contributed by atoms with Gasteiger partial charge in [-0.05, 0) is 37.5 Å². The van der Waals surface area contributed by atoms with E-state index in [1.54, 1.807) is 0 Å². The molecule has 3 fully saturated rings. The molecule has 0 radical (unpaired) electrons. The minimum Gasteiger partial charge on any atom is -0.299 e. The van der Waals surface area contributed by atoms with Gasteiger partial charge >= 0.3 is 0 Å². The first kappa shape index (κ1) is 11.4. The standard InChI is InChI=1S/C15H22O2/c16-14-9-11-5-3-7-13(11)15(17)8-10-4-1-2-6-12(10)14/h10-13H,1-9H2/t10-,11+,12+,13+/m1/s1. The minimum atomic E-state index is 0.231. The largest absolute Gasteiger partial charge is 0.299 e. The highest BCUT2D eigenvalue weighted by atomic mass is 16.1. The molecule has 3 aliphatic rings. The SMILES string of the molecule is O=C1C[C@@H]2CCC[C@@H]2C(=O)C[C@H]2CCCC[C@H]12. The first-order valence-electron chi connectivity index (χ1n) is 7.31. The van der Waals surface area contributed by atoms with Crippen LogP contribution in [0.15, 0.2) is 0 Å². The monoisotopic (exact) mass is 234 g/mol. The van der Waals surface area contributed by atoms with Crippen molar-refractivity contribution in [3.8, 4) is 0 Å². The molecule has 3 rings (SSSR count). The number of hydrogen-bond acceptors (Lipinski definition) is 2. The number of fused-ring (bicyclic) bond motifs is 2. The van der Waals surface area contributed by atoms with Crippen LogP contribution in [0.5, 0.6) is 0 Å². The van der Waals surface area contributed by atoms with Crippen LogP contribution in [0.2, 0.25) is 0 Å². The van der Waals surface area contributed by atoms with Gasteiger partial charge < -0.3 is 0 Å². The summed E-state index contributed by atoms with van der Waals surface area (Å²) in [6.45, 7) is 0. The molecule has 0 aromatic rings. The van der Waals surface area contributed by atoms with E-state index in [0.717, 1.165) is 32.1 Å². The second-order valence-electron chi connectivity index (χ2n) is 6.29. The van der Waals surface area contributed by atoms with Gasteiger partial charge in [0.05, 0.1) is 0 Å². The summed E-state index contributed by atoms with van der Waals surface area (Å²) in [5, 5.41) is 0. The fourth-order valence-electron chi connectivity index (χ4n) is 4.40. The van der Waals surface area contributed by atoms with Crippen LogP contribution in [0.25, 0.3) is 0 Å². The number of Topliss-reactive ketones (excluding diaryl/α,β-unsaturated/α-hetero) is 2. The smallest absolute Gasteiger partial charge is 0.136 e. The van der Waals surface area contributed by atoms with Gasteiger partial charge in [-0.15, -0.1) is 0 Å². The number of ketones is 2. The van der Waals surface area contributed by atoms with Crippen molar-refractivity contribution in [3.63, 3.8) is 0 Å². The first-order valence-corrected chi connectivity index (χ1v) is 7.31. The topological polar surface area (TPSA) is 34.1 Å². The van der Waals surface area contributed by atoms with Gasteiger partial charge in [0.1, 0.15) is 11.6 Å². The summed E-state index contributed by atoms with van der Waals surface area (Å²) < 4.78 is 0. The Bertz CT molecular complexity index is 334. The lowest BCUT2D eigenvalue weighted by Crippen LogP contribution is -2.36. The molecule has 0 aromatic carbocycles. The van der Waals surface area contributed by atoms with Crippen molar-refractivity contribution < 1.29 is 9.59 Å². The van der Waals surface area contributed by atoms with Crippen LogP contribution in [0.4, 0.5) is 0 Å². The molecular weight excluding hydrogens is 212 g/mol. The average Bonchev–Trinajstić information content (AvgIpc) is 2.76. The Morgan fingerprint density at radius 3 is 1.76 bits per heavy atom. The van der Waals surface area contributed by atoms with E-state index in [-0.39, 0.29) is 11.8 Å². The van der Waals surface area contributed by atoms with Crippen LogP contribution in [-0.4, -0.2) is 11.6 Å². The maximum Gasteiger partial charge on any atom is 0.136 e. The number of rotatable bonds is 0. The van der Waals surface area contributed by atoms with Crippen molar-refractivity contribution in [2.45, 2.75) is 57.8 Å². The molecule has 94 valence electrons. The summed E-state index contributed by atoms with van der Waals surface area (Å²) in [6.07, 6.45) is 9.30. The van der Waals surface area contributed by atoms with Gasteiger partial charge in [0.2, 0.25) is 0 Å². The van der Waals surface area contributed by atoms with Gasteiger partial charge in [0, 0.05) is 24.7 Å². The van der Waals surface area contributed by atoms with Crippen molar-refractivity contribution in [2.24, 2.45) is 23.7 Å². The summed E-state index contributed by atoms with van der Waals surface area (Å²) in [5.74, 6) is 2.23. The summed E-state index contributed by atoms with van der Waals surface area (Å²) in [5.41, 5.74) is 0. The number of carbonyl (C=O) groups excluding carboxylic acids is 2. The Morgan fingerprint density at radius 2 is 1.12 bits per heavy atom. The maximum absolute atomic E-state index is 12.3. The molecular formula is C15H22O2. The molecule has 3 aliphatic carbocycles. The molecule has 2 nitrogen and oxygen atoms in total. The average molecular weight is 234 g/mol. The Kier molecular flexibility index (Phi) is 3.06. The van der Waals surface area contributed by atoms with E-state index in [4.69, 9.17) is 0 Å². The number of carbonyl (C=O) groups is 2. The number of hydrogen-bond donors (Lipinski definition) is 0. The molecule has 2 heteroatoms. The van der Waals surface area contributed by atoms with E-state index < -0.39 is 0 Å². The van der Waals surface area contributed by atoms with E-state index in [1.165, 1.54) is 12.8 Å². The molecule has 0 aromatic heterocycles. The van der Waals surface area contributed by atoms with E-state index in [9.17, 15) is 9.59 Å². The summed E-state index contributed by atoms with van der Waals surface area (Å²) >= 11 is 0. The molecule has 0 heterocycles. The second kappa shape index (κ2) is 4.55. The molecule has 17 heavy (non-hydrogen) atoms. The molecule has 0 spiro atoms. The fourth-order valence-corrected chi connectivity index (χ4v) is 4.40. The fraction of sp³-hybridized carbons (Fsp3) is 0.867. The van der Waals surface area contributed by atoms with Crippen LogP contribution >= 0.6 is 0 Å². The van der Waals surface area contributed by atoms with E-state index in [2.05, 4.69) is 0 Å². The zero-order valence-corrected chi connectivity index (χ0v) is 10.5. The molecule has 0 N–H and O–H groups in total. The predicted molar refractivity (Wildman–Crippen MR) is 65.5 cm³/mol. The molecule has 0 amide bonds. The van der Waals surface area contributed by atoms with Crippen molar-refractivity contribution in [3.05, 3.63) is 0 Å². The molecule has 0 aliphatic heterocycles. The lowest BCUT2D eigenvalue weighted by Gasteiger charge is -2.34. The Balaban J connectivity index is 1.82. The van der Waals surface area contributed by atoms with Gasteiger partial charge in [0.25, 0.3) is 0 Å². The Morgan fingerprint density at radius 1 is 0.647 bits per heavy atom. The van der Waals surface area contributed by atoms with Crippen LogP contribution < -0.4 is 0 Å². The lowest BCUT2D eigenvalue weighted by atomic mass is 9.68. The van der Waals surface area contributed by atoms with E-state index in [1.807, 2.05) is 0 Å². The summed E-state index contributed by atoms with van der Waals surface area (Å²) in [4.78, 5) is 24.6. The molecule has 0 saturated heterocycles. The van der Waals surface area contributed by atoms with Crippen LogP contribution in [0, 0.1) is 23.7 Å². The van der Waals surface area contributed by atoms with Crippen molar-refractivity contribution in [2.75, 3.05) is 0 Å². The zero-order valence-electron chi connectivity index (χ0n) is 10.5. The predicted octanol–water partition coefficient (Wildman–Crippen LogP) is 3.14.